The molecule has 1 fully saturated rings. The van der Waals surface area contributed by atoms with Gasteiger partial charge in [0.05, 0.1) is 5.69 Å². The highest BCUT2D eigenvalue weighted by molar-refractivity contribution is 5.81. The molecule has 1 aliphatic heterocycles. The molecule has 1 unspecified atom stereocenters. The molecule has 0 bridgehead atoms. The fraction of sp³-hybridized carbons (Fsp3) is 0.500. The second-order valence-corrected chi connectivity index (χ2v) is 4.79. The van der Waals surface area contributed by atoms with Crippen molar-refractivity contribution in [1.29, 1.82) is 0 Å². The summed E-state index contributed by atoms with van der Waals surface area (Å²) in [4.78, 5) is 9.06. The Hall–Kier alpha value is -1.55. The van der Waals surface area contributed by atoms with Crippen molar-refractivity contribution in [1.82, 2.24) is 9.80 Å². The molecule has 1 aromatic carbocycles. The van der Waals surface area contributed by atoms with E-state index in [-0.39, 0.29) is 0 Å². The van der Waals surface area contributed by atoms with E-state index in [4.69, 9.17) is 5.73 Å². The van der Waals surface area contributed by atoms with E-state index >= 15 is 0 Å². The summed E-state index contributed by atoms with van der Waals surface area (Å²) in [7, 11) is 2.18. The molecule has 0 spiro atoms. The van der Waals surface area contributed by atoms with E-state index < -0.39 is 0 Å². The van der Waals surface area contributed by atoms with E-state index in [0.717, 1.165) is 31.7 Å². The highest BCUT2D eigenvalue weighted by Crippen LogP contribution is 2.13. The van der Waals surface area contributed by atoms with Gasteiger partial charge >= 0.3 is 0 Å². The number of likely N-dealkylation sites (N-methyl/N-ethyl adjacent to an activating group) is 1. The van der Waals surface area contributed by atoms with Crippen molar-refractivity contribution in [3.05, 3.63) is 30.3 Å². The normalized spacial score (nSPS) is 22.2. The maximum Gasteiger partial charge on any atom is 0.196 e. The van der Waals surface area contributed by atoms with E-state index in [1.54, 1.807) is 0 Å². The van der Waals surface area contributed by atoms with Gasteiger partial charge in [0, 0.05) is 25.7 Å². The Morgan fingerprint density at radius 2 is 2.06 bits per heavy atom. The molecule has 1 saturated heterocycles. The number of hydrogen-bond acceptors (Lipinski definition) is 2. The van der Waals surface area contributed by atoms with Crippen LogP contribution in [0, 0.1) is 0 Å². The van der Waals surface area contributed by atoms with Crippen molar-refractivity contribution in [3.8, 4) is 0 Å². The molecule has 0 aromatic heterocycles. The molecule has 0 saturated carbocycles. The molecule has 1 atom stereocenters. The van der Waals surface area contributed by atoms with Gasteiger partial charge in [-0.05, 0) is 25.6 Å². The average Bonchev–Trinajstić information content (AvgIpc) is 2.40. The summed E-state index contributed by atoms with van der Waals surface area (Å²) in [5.74, 6) is 0.632. The second-order valence-electron chi connectivity index (χ2n) is 4.79. The number of aliphatic imine (C=N–C) groups is 1. The van der Waals surface area contributed by atoms with Crippen LogP contribution in [0.1, 0.15) is 13.3 Å². The van der Waals surface area contributed by atoms with Crippen molar-refractivity contribution >= 4 is 11.6 Å². The SMILES string of the molecule is CCC1CN(C(N)=Nc2ccccc2)CCN1C. The lowest BCUT2D eigenvalue weighted by Gasteiger charge is -2.39. The Bertz CT molecular complexity index is 402. The van der Waals surface area contributed by atoms with Gasteiger partial charge in [-0.25, -0.2) is 4.99 Å². The molecule has 0 aliphatic carbocycles. The minimum atomic E-state index is 0.572. The number of nitrogens with zero attached hydrogens (tertiary/aromatic N) is 3. The van der Waals surface area contributed by atoms with Crippen LogP contribution < -0.4 is 5.73 Å². The lowest BCUT2D eigenvalue weighted by Crippen LogP contribution is -2.54. The molecular formula is C14H22N4. The van der Waals surface area contributed by atoms with Crippen LogP contribution in [0.3, 0.4) is 0 Å². The van der Waals surface area contributed by atoms with Crippen molar-refractivity contribution < 1.29 is 0 Å². The minimum absolute atomic E-state index is 0.572. The Balaban J connectivity index is 2.05. The zero-order valence-corrected chi connectivity index (χ0v) is 11.2. The van der Waals surface area contributed by atoms with Gasteiger partial charge < -0.3 is 10.6 Å². The van der Waals surface area contributed by atoms with Crippen LogP contribution >= 0.6 is 0 Å². The molecule has 4 heteroatoms. The van der Waals surface area contributed by atoms with Gasteiger partial charge in [0.25, 0.3) is 0 Å². The summed E-state index contributed by atoms with van der Waals surface area (Å²) in [6.45, 7) is 5.18. The topological polar surface area (TPSA) is 44.9 Å². The molecule has 18 heavy (non-hydrogen) atoms. The molecule has 0 radical (unpaired) electrons. The van der Waals surface area contributed by atoms with Gasteiger partial charge in [0.15, 0.2) is 5.96 Å². The first kappa shape index (κ1) is 12.9. The third-order valence-corrected chi connectivity index (χ3v) is 3.57. The predicted molar refractivity (Wildman–Crippen MR) is 76.0 cm³/mol. The molecule has 0 amide bonds. The lowest BCUT2D eigenvalue weighted by atomic mass is 10.1. The van der Waals surface area contributed by atoms with Gasteiger partial charge in [0.1, 0.15) is 0 Å². The number of guanidine groups is 1. The monoisotopic (exact) mass is 246 g/mol. The standard InChI is InChI=1S/C14H22N4/c1-3-13-11-18(10-9-17(13)2)14(15)16-12-7-5-4-6-8-12/h4-8,13H,3,9-11H2,1-2H3,(H2,15,16). The van der Waals surface area contributed by atoms with Crippen LogP contribution in [0.5, 0.6) is 0 Å². The Labute approximate surface area is 109 Å². The third-order valence-electron chi connectivity index (χ3n) is 3.57. The smallest absolute Gasteiger partial charge is 0.196 e. The maximum absolute atomic E-state index is 6.10. The number of benzene rings is 1. The molecule has 1 heterocycles. The lowest BCUT2D eigenvalue weighted by molar-refractivity contribution is 0.137. The number of rotatable bonds is 2. The highest BCUT2D eigenvalue weighted by atomic mass is 15.3. The first-order valence-corrected chi connectivity index (χ1v) is 6.55. The van der Waals surface area contributed by atoms with E-state index in [2.05, 4.69) is 28.8 Å². The zero-order valence-electron chi connectivity index (χ0n) is 11.2. The third kappa shape index (κ3) is 3.01. The second kappa shape index (κ2) is 5.87. The van der Waals surface area contributed by atoms with Crippen LogP contribution in [0.4, 0.5) is 5.69 Å². The Morgan fingerprint density at radius 3 is 2.72 bits per heavy atom. The van der Waals surface area contributed by atoms with Crippen LogP contribution in [-0.4, -0.2) is 48.5 Å². The number of piperazine rings is 1. The summed E-state index contributed by atoms with van der Waals surface area (Å²) in [6.07, 6.45) is 1.14. The van der Waals surface area contributed by atoms with E-state index in [1.165, 1.54) is 0 Å². The fourth-order valence-corrected chi connectivity index (χ4v) is 2.30. The predicted octanol–water partition coefficient (Wildman–Crippen LogP) is 1.66. The summed E-state index contributed by atoms with van der Waals surface area (Å²) in [6, 6.07) is 10.5. The van der Waals surface area contributed by atoms with Crippen molar-refractivity contribution in [2.75, 3.05) is 26.7 Å². The van der Waals surface area contributed by atoms with Crippen LogP contribution in [0.25, 0.3) is 0 Å². The summed E-state index contributed by atoms with van der Waals surface area (Å²) < 4.78 is 0. The van der Waals surface area contributed by atoms with Gasteiger partial charge in [-0.3, -0.25) is 4.90 Å². The first-order chi connectivity index (χ1) is 8.70. The van der Waals surface area contributed by atoms with Gasteiger partial charge in [-0.15, -0.1) is 0 Å². The van der Waals surface area contributed by atoms with Gasteiger partial charge in [-0.1, -0.05) is 25.1 Å². The van der Waals surface area contributed by atoms with E-state index in [9.17, 15) is 0 Å². The number of hydrogen-bond donors (Lipinski definition) is 1. The Kier molecular flexibility index (Phi) is 4.20. The van der Waals surface area contributed by atoms with Crippen molar-refractivity contribution in [2.45, 2.75) is 19.4 Å². The van der Waals surface area contributed by atoms with E-state index in [0.29, 0.717) is 12.0 Å². The molecular weight excluding hydrogens is 224 g/mol. The van der Waals surface area contributed by atoms with Gasteiger partial charge in [-0.2, -0.15) is 0 Å². The molecule has 98 valence electrons. The molecule has 2 rings (SSSR count). The number of nitrogens with two attached hydrogens (primary N) is 1. The zero-order chi connectivity index (χ0) is 13.0. The Morgan fingerprint density at radius 1 is 1.33 bits per heavy atom. The van der Waals surface area contributed by atoms with Crippen molar-refractivity contribution in [2.24, 2.45) is 10.7 Å². The largest absolute Gasteiger partial charge is 0.369 e. The molecule has 4 nitrogen and oxygen atoms in total. The fourth-order valence-electron chi connectivity index (χ4n) is 2.30. The molecule has 1 aromatic rings. The average molecular weight is 246 g/mol. The summed E-state index contributed by atoms with van der Waals surface area (Å²) in [5.41, 5.74) is 7.02. The number of para-hydroxylation sites is 1. The summed E-state index contributed by atoms with van der Waals surface area (Å²) >= 11 is 0. The van der Waals surface area contributed by atoms with Gasteiger partial charge in [0.2, 0.25) is 0 Å². The summed E-state index contributed by atoms with van der Waals surface area (Å²) in [5, 5.41) is 0. The van der Waals surface area contributed by atoms with Crippen LogP contribution in [0.2, 0.25) is 0 Å². The molecule has 2 N–H and O–H groups in total. The van der Waals surface area contributed by atoms with Crippen LogP contribution in [0.15, 0.2) is 35.3 Å². The van der Waals surface area contributed by atoms with E-state index in [1.807, 2.05) is 30.3 Å². The minimum Gasteiger partial charge on any atom is -0.369 e. The quantitative estimate of drug-likeness (QED) is 0.637. The van der Waals surface area contributed by atoms with Crippen LogP contribution in [-0.2, 0) is 0 Å². The molecule has 1 aliphatic rings. The maximum atomic E-state index is 6.10. The highest BCUT2D eigenvalue weighted by Gasteiger charge is 2.23. The first-order valence-electron chi connectivity index (χ1n) is 6.55. The van der Waals surface area contributed by atoms with Crippen molar-refractivity contribution in [3.63, 3.8) is 0 Å².